The zero-order valence-corrected chi connectivity index (χ0v) is 15.1. The van der Waals surface area contributed by atoms with Crippen molar-refractivity contribution >= 4 is 16.7 Å². The van der Waals surface area contributed by atoms with Gasteiger partial charge >= 0.3 is 0 Å². The van der Waals surface area contributed by atoms with E-state index in [4.69, 9.17) is 0 Å². The Hall–Kier alpha value is -2.60. The van der Waals surface area contributed by atoms with Gasteiger partial charge in [0.1, 0.15) is 5.82 Å². The van der Waals surface area contributed by atoms with Crippen molar-refractivity contribution < 1.29 is 4.79 Å². The van der Waals surface area contributed by atoms with Crippen molar-refractivity contribution in [3.8, 4) is 11.1 Å². The van der Waals surface area contributed by atoms with E-state index in [1.807, 2.05) is 37.6 Å². The summed E-state index contributed by atoms with van der Waals surface area (Å²) in [5.74, 6) is 0.789. The second kappa shape index (κ2) is 7.33. The fourth-order valence-corrected chi connectivity index (χ4v) is 3.50. The maximum absolute atomic E-state index is 12.4. The molecule has 0 bridgehead atoms. The fourth-order valence-electron chi connectivity index (χ4n) is 3.50. The van der Waals surface area contributed by atoms with E-state index in [9.17, 15) is 4.79 Å². The third-order valence-corrected chi connectivity index (χ3v) is 4.87. The number of likely N-dealkylation sites (tertiary alicyclic amines) is 1. The highest BCUT2D eigenvalue weighted by Gasteiger charge is 2.15. The van der Waals surface area contributed by atoms with E-state index in [2.05, 4.69) is 20.0 Å². The number of hydrogen-bond acceptors (Lipinski definition) is 5. The number of aromatic nitrogens is 4. The minimum absolute atomic E-state index is 0.190. The summed E-state index contributed by atoms with van der Waals surface area (Å²) in [4.78, 5) is 23.6. The molecule has 6 nitrogen and oxygen atoms in total. The van der Waals surface area contributed by atoms with Gasteiger partial charge in [-0.2, -0.15) is 5.10 Å². The highest BCUT2D eigenvalue weighted by atomic mass is 16.1. The molecule has 0 unspecified atom stereocenters. The van der Waals surface area contributed by atoms with Crippen LogP contribution in [0.1, 0.15) is 25.1 Å². The number of benzene rings is 1. The predicted molar refractivity (Wildman–Crippen MR) is 101 cm³/mol. The molecule has 1 fully saturated rings. The molecule has 1 aliphatic rings. The Kier molecular flexibility index (Phi) is 4.75. The molecule has 1 aromatic carbocycles. The second-order valence-electron chi connectivity index (χ2n) is 7.01. The van der Waals surface area contributed by atoms with E-state index < -0.39 is 0 Å². The molecule has 1 aliphatic heterocycles. The number of fused-ring (bicyclic) bond motifs is 1. The van der Waals surface area contributed by atoms with Gasteiger partial charge in [0.15, 0.2) is 5.78 Å². The second-order valence-corrected chi connectivity index (χ2v) is 7.01. The third kappa shape index (κ3) is 3.80. The summed E-state index contributed by atoms with van der Waals surface area (Å²) in [6.07, 6.45) is 9.57. The normalized spacial score (nSPS) is 15.4. The Labute approximate surface area is 152 Å². The van der Waals surface area contributed by atoms with Crippen molar-refractivity contribution in [2.45, 2.75) is 25.7 Å². The van der Waals surface area contributed by atoms with E-state index in [1.54, 1.807) is 10.9 Å². The molecule has 4 rings (SSSR count). The molecule has 0 radical (unpaired) electrons. The molecule has 0 amide bonds. The smallest absolute Gasteiger partial charge is 0.154 e. The Morgan fingerprint density at radius 2 is 1.96 bits per heavy atom. The molecule has 0 atom stereocenters. The number of carbonyl (C=O) groups is 1. The van der Waals surface area contributed by atoms with Gasteiger partial charge in [0.25, 0.3) is 0 Å². The van der Waals surface area contributed by atoms with Crippen molar-refractivity contribution in [3.05, 3.63) is 42.6 Å². The first-order valence-electron chi connectivity index (χ1n) is 9.16. The van der Waals surface area contributed by atoms with Crippen LogP contribution in [-0.2, 0) is 18.3 Å². The first-order chi connectivity index (χ1) is 12.7. The summed E-state index contributed by atoms with van der Waals surface area (Å²) in [5, 5.41) is 5.20. The van der Waals surface area contributed by atoms with E-state index in [1.165, 1.54) is 19.3 Å². The van der Waals surface area contributed by atoms with Crippen LogP contribution in [0.25, 0.3) is 22.0 Å². The standard InChI is InChI=1S/C20H23N5O/c1-24-13-17(12-22-24)15-5-6-16-11-21-20(23-19(16)9-15)10-18(26)14-25-7-3-2-4-8-25/h5-6,9,11-13H,2-4,7-8,10,14H2,1H3. The van der Waals surface area contributed by atoms with Crippen molar-refractivity contribution in [3.63, 3.8) is 0 Å². The summed E-state index contributed by atoms with van der Waals surface area (Å²) in [6, 6.07) is 6.09. The van der Waals surface area contributed by atoms with Crippen LogP contribution in [0, 0.1) is 0 Å². The van der Waals surface area contributed by atoms with Crippen LogP contribution < -0.4 is 0 Å². The molecule has 26 heavy (non-hydrogen) atoms. The molecule has 0 spiro atoms. The Morgan fingerprint density at radius 1 is 1.12 bits per heavy atom. The van der Waals surface area contributed by atoms with Crippen LogP contribution in [-0.4, -0.2) is 50.1 Å². The van der Waals surface area contributed by atoms with Gasteiger partial charge in [0.05, 0.1) is 24.7 Å². The van der Waals surface area contributed by atoms with E-state index in [0.29, 0.717) is 18.8 Å². The van der Waals surface area contributed by atoms with Gasteiger partial charge in [-0.05, 0) is 37.6 Å². The fraction of sp³-hybridized carbons (Fsp3) is 0.400. The monoisotopic (exact) mass is 349 g/mol. The van der Waals surface area contributed by atoms with Crippen molar-refractivity contribution in [2.24, 2.45) is 7.05 Å². The third-order valence-electron chi connectivity index (χ3n) is 4.87. The van der Waals surface area contributed by atoms with Crippen LogP contribution in [0.2, 0.25) is 0 Å². The molecule has 0 N–H and O–H groups in total. The number of hydrogen-bond donors (Lipinski definition) is 0. The van der Waals surface area contributed by atoms with Crippen molar-refractivity contribution in [1.82, 2.24) is 24.6 Å². The SMILES string of the molecule is Cn1cc(-c2ccc3cnc(CC(=O)CN4CCCCC4)nc3c2)cn1. The minimum Gasteiger partial charge on any atom is -0.298 e. The number of Topliss-reactive ketones (excluding diaryl/α,β-unsaturated/α-hetero) is 1. The average molecular weight is 349 g/mol. The lowest BCUT2D eigenvalue weighted by Gasteiger charge is -2.25. The lowest BCUT2D eigenvalue weighted by Crippen LogP contribution is -2.35. The molecule has 3 aromatic rings. The van der Waals surface area contributed by atoms with Gasteiger partial charge in [-0.15, -0.1) is 0 Å². The summed E-state index contributed by atoms with van der Waals surface area (Å²) in [6.45, 7) is 2.56. The first kappa shape index (κ1) is 16.8. The molecule has 3 heterocycles. The van der Waals surface area contributed by atoms with Gasteiger partial charge in [-0.3, -0.25) is 14.4 Å². The number of aryl methyl sites for hydroxylation is 1. The highest BCUT2D eigenvalue weighted by Crippen LogP contribution is 2.22. The lowest BCUT2D eigenvalue weighted by molar-refractivity contribution is -0.119. The molecular formula is C20H23N5O. The summed E-state index contributed by atoms with van der Waals surface area (Å²) in [7, 11) is 1.90. The number of nitrogens with zero attached hydrogens (tertiary/aromatic N) is 5. The molecule has 2 aromatic heterocycles. The van der Waals surface area contributed by atoms with Gasteiger partial charge in [-0.1, -0.05) is 18.6 Å². The van der Waals surface area contributed by atoms with Gasteiger partial charge < -0.3 is 0 Å². The molecule has 1 saturated heterocycles. The zero-order valence-electron chi connectivity index (χ0n) is 15.1. The average Bonchev–Trinajstić information content (AvgIpc) is 3.08. The van der Waals surface area contributed by atoms with Gasteiger partial charge in [-0.25, -0.2) is 9.97 Å². The van der Waals surface area contributed by atoms with Crippen LogP contribution in [0.3, 0.4) is 0 Å². The number of rotatable bonds is 5. The molecule has 0 aliphatic carbocycles. The van der Waals surface area contributed by atoms with E-state index in [-0.39, 0.29) is 5.78 Å². The van der Waals surface area contributed by atoms with Crippen molar-refractivity contribution in [2.75, 3.05) is 19.6 Å². The summed E-state index contributed by atoms with van der Waals surface area (Å²) < 4.78 is 1.78. The molecule has 134 valence electrons. The zero-order chi connectivity index (χ0) is 17.9. The Bertz CT molecular complexity index is 927. The topological polar surface area (TPSA) is 63.9 Å². The molecular weight excluding hydrogens is 326 g/mol. The highest BCUT2D eigenvalue weighted by molar-refractivity contribution is 5.85. The maximum atomic E-state index is 12.4. The Morgan fingerprint density at radius 3 is 2.73 bits per heavy atom. The largest absolute Gasteiger partial charge is 0.298 e. The van der Waals surface area contributed by atoms with Gasteiger partial charge in [0, 0.05) is 30.4 Å². The molecule has 6 heteroatoms. The molecule has 0 saturated carbocycles. The van der Waals surface area contributed by atoms with Crippen LogP contribution in [0.4, 0.5) is 0 Å². The maximum Gasteiger partial charge on any atom is 0.154 e. The van der Waals surface area contributed by atoms with Gasteiger partial charge in [0.2, 0.25) is 0 Å². The number of piperidine rings is 1. The Balaban J connectivity index is 1.51. The minimum atomic E-state index is 0.190. The van der Waals surface area contributed by atoms with Crippen LogP contribution in [0.15, 0.2) is 36.8 Å². The number of carbonyl (C=O) groups excluding carboxylic acids is 1. The number of ketones is 1. The van der Waals surface area contributed by atoms with Crippen LogP contribution >= 0.6 is 0 Å². The quantitative estimate of drug-likeness (QED) is 0.708. The summed E-state index contributed by atoms with van der Waals surface area (Å²) in [5.41, 5.74) is 2.98. The van der Waals surface area contributed by atoms with Crippen LogP contribution in [0.5, 0.6) is 0 Å². The van der Waals surface area contributed by atoms with E-state index in [0.717, 1.165) is 35.1 Å². The first-order valence-corrected chi connectivity index (χ1v) is 9.16. The lowest BCUT2D eigenvalue weighted by atomic mass is 10.1. The van der Waals surface area contributed by atoms with E-state index >= 15 is 0 Å². The summed E-state index contributed by atoms with van der Waals surface area (Å²) >= 11 is 0. The van der Waals surface area contributed by atoms with Crippen molar-refractivity contribution in [1.29, 1.82) is 0 Å². The predicted octanol–water partition coefficient (Wildman–Crippen LogP) is 2.63.